The Bertz CT molecular complexity index is 303. The highest BCUT2D eigenvalue weighted by atomic mass is 16.4. The molecular formula is C16H32N2O2. The van der Waals surface area contributed by atoms with E-state index < -0.39 is 11.5 Å². The van der Waals surface area contributed by atoms with Crippen LogP contribution in [0, 0.1) is 5.92 Å². The molecule has 1 aliphatic rings. The molecule has 1 aliphatic carbocycles. The van der Waals surface area contributed by atoms with E-state index in [-0.39, 0.29) is 0 Å². The molecular weight excluding hydrogens is 252 g/mol. The average Bonchev–Trinajstić information content (AvgIpc) is 3.20. The molecule has 4 heteroatoms. The van der Waals surface area contributed by atoms with Crippen molar-refractivity contribution in [2.75, 3.05) is 19.6 Å². The maximum absolute atomic E-state index is 11.9. The van der Waals surface area contributed by atoms with Gasteiger partial charge in [0, 0.05) is 12.6 Å². The van der Waals surface area contributed by atoms with Crippen molar-refractivity contribution in [1.29, 1.82) is 0 Å². The van der Waals surface area contributed by atoms with Crippen molar-refractivity contribution < 1.29 is 9.90 Å². The predicted octanol–water partition coefficient (Wildman–Crippen LogP) is 2.73. The smallest absolute Gasteiger partial charge is 0.325 e. The predicted molar refractivity (Wildman–Crippen MR) is 83.0 cm³/mol. The summed E-state index contributed by atoms with van der Waals surface area (Å²) in [6, 6.07) is 0.392. The molecule has 1 fully saturated rings. The molecule has 0 amide bonds. The fraction of sp³-hybridized carbons (Fsp3) is 0.938. The van der Waals surface area contributed by atoms with E-state index in [1.165, 1.54) is 12.8 Å². The molecule has 1 atom stereocenters. The van der Waals surface area contributed by atoms with Crippen LogP contribution in [0.3, 0.4) is 0 Å². The van der Waals surface area contributed by atoms with Crippen LogP contribution in [0.15, 0.2) is 0 Å². The van der Waals surface area contributed by atoms with E-state index in [4.69, 9.17) is 0 Å². The Morgan fingerprint density at radius 1 is 1.35 bits per heavy atom. The summed E-state index contributed by atoms with van der Waals surface area (Å²) in [4.78, 5) is 14.2. The van der Waals surface area contributed by atoms with Gasteiger partial charge in [-0.05, 0) is 52.1 Å². The number of hydrogen-bond donors (Lipinski definition) is 2. The molecule has 0 aliphatic heterocycles. The van der Waals surface area contributed by atoms with Crippen molar-refractivity contribution in [2.45, 2.75) is 71.4 Å². The minimum Gasteiger partial charge on any atom is -0.480 e. The van der Waals surface area contributed by atoms with Gasteiger partial charge in [0.15, 0.2) is 0 Å². The number of rotatable bonds is 11. The first kappa shape index (κ1) is 17.4. The van der Waals surface area contributed by atoms with E-state index in [0.29, 0.717) is 25.0 Å². The Kier molecular flexibility index (Phi) is 6.96. The summed E-state index contributed by atoms with van der Waals surface area (Å²) in [7, 11) is 0. The van der Waals surface area contributed by atoms with Gasteiger partial charge in [-0.3, -0.25) is 9.69 Å². The summed E-state index contributed by atoms with van der Waals surface area (Å²) in [5, 5.41) is 13.1. The van der Waals surface area contributed by atoms with E-state index in [1.54, 1.807) is 0 Å². The third-order valence-corrected chi connectivity index (χ3v) is 4.38. The van der Waals surface area contributed by atoms with E-state index in [9.17, 15) is 9.90 Å². The summed E-state index contributed by atoms with van der Waals surface area (Å²) >= 11 is 0. The second kappa shape index (κ2) is 7.99. The van der Waals surface area contributed by atoms with Gasteiger partial charge in [-0.1, -0.05) is 26.7 Å². The van der Waals surface area contributed by atoms with Crippen LogP contribution in [0.2, 0.25) is 0 Å². The number of carboxylic acid groups (broad SMARTS) is 1. The van der Waals surface area contributed by atoms with Crippen LogP contribution < -0.4 is 5.32 Å². The topological polar surface area (TPSA) is 52.6 Å². The fourth-order valence-corrected chi connectivity index (χ4v) is 2.94. The first-order valence-corrected chi connectivity index (χ1v) is 8.20. The SMILES string of the molecule is CCCCCN(CC(NCC)(C(=O)O)C1CC1)C(C)C. The summed E-state index contributed by atoms with van der Waals surface area (Å²) < 4.78 is 0. The molecule has 0 bridgehead atoms. The van der Waals surface area contributed by atoms with Gasteiger partial charge < -0.3 is 10.4 Å². The van der Waals surface area contributed by atoms with Crippen LogP contribution in [0.1, 0.15) is 59.8 Å². The summed E-state index contributed by atoms with van der Waals surface area (Å²) in [5.74, 6) is -0.379. The van der Waals surface area contributed by atoms with Crippen molar-refractivity contribution in [3.63, 3.8) is 0 Å². The standard InChI is InChI=1S/C16H32N2O2/c1-5-7-8-11-18(13(3)4)12-16(15(19)20,17-6-2)14-9-10-14/h13-14,17H,5-12H2,1-4H3,(H,19,20). The zero-order chi connectivity index (χ0) is 15.2. The lowest BCUT2D eigenvalue weighted by Gasteiger charge is -2.38. The van der Waals surface area contributed by atoms with Crippen molar-refractivity contribution in [3.8, 4) is 0 Å². The second-order valence-electron chi connectivity index (χ2n) is 6.35. The molecule has 118 valence electrons. The minimum absolute atomic E-state index is 0.298. The third kappa shape index (κ3) is 4.45. The largest absolute Gasteiger partial charge is 0.480 e. The van der Waals surface area contributed by atoms with Crippen LogP contribution in [-0.2, 0) is 4.79 Å². The average molecular weight is 284 g/mol. The van der Waals surface area contributed by atoms with Crippen molar-refractivity contribution in [2.24, 2.45) is 5.92 Å². The molecule has 0 radical (unpaired) electrons. The number of nitrogens with one attached hydrogen (secondary N) is 1. The molecule has 0 saturated heterocycles. The second-order valence-corrected chi connectivity index (χ2v) is 6.35. The molecule has 0 spiro atoms. The normalized spacial score (nSPS) is 18.5. The van der Waals surface area contributed by atoms with E-state index in [0.717, 1.165) is 25.8 Å². The first-order valence-electron chi connectivity index (χ1n) is 8.20. The lowest BCUT2D eigenvalue weighted by atomic mass is 9.91. The zero-order valence-corrected chi connectivity index (χ0v) is 13.6. The summed E-state index contributed by atoms with van der Waals surface area (Å²) in [6.45, 7) is 10.9. The lowest BCUT2D eigenvalue weighted by Crippen LogP contribution is -2.61. The fourth-order valence-electron chi connectivity index (χ4n) is 2.94. The monoisotopic (exact) mass is 284 g/mol. The van der Waals surface area contributed by atoms with Crippen LogP contribution >= 0.6 is 0 Å². The highest BCUT2D eigenvalue weighted by molar-refractivity contribution is 5.80. The highest BCUT2D eigenvalue weighted by Crippen LogP contribution is 2.40. The Morgan fingerprint density at radius 2 is 2.00 bits per heavy atom. The Labute approximate surface area is 123 Å². The van der Waals surface area contributed by atoms with Crippen molar-refractivity contribution in [1.82, 2.24) is 10.2 Å². The quantitative estimate of drug-likeness (QED) is 0.573. The van der Waals surface area contributed by atoms with Gasteiger partial charge >= 0.3 is 5.97 Å². The van der Waals surface area contributed by atoms with Gasteiger partial charge in [0.2, 0.25) is 0 Å². The Morgan fingerprint density at radius 3 is 2.40 bits per heavy atom. The van der Waals surface area contributed by atoms with Crippen LogP contribution in [-0.4, -0.2) is 47.2 Å². The zero-order valence-electron chi connectivity index (χ0n) is 13.6. The summed E-state index contributed by atoms with van der Waals surface area (Å²) in [5.41, 5.74) is -0.745. The lowest BCUT2D eigenvalue weighted by molar-refractivity contribution is -0.147. The van der Waals surface area contributed by atoms with E-state index in [2.05, 4.69) is 31.0 Å². The third-order valence-electron chi connectivity index (χ3n) is 4.38. The van der Waals surface area contributed by atoms with Crippen LogP contribution in [0.25, 0.3) is 0 Å². The van der Waals surface area contributed by atoms with E-state index in [1.807, 2.05) is 6.92 Å². The van der Waals surface area contributed by atoms with Gasteiger partial charge in [-0.25, -0.2) is 0 Å². The molecule has 2 N–H and O–H groups in total. The first-order chi connectivity index (χ1) is 9.47. The number of hydrogen-bond acceptors (Lipinski definition) is 3. The molecule has 0 aromatic rings. The van der Waals surface area contributed by atoms with Crippen molar-refractivity contribution >= 4 is 5.97 Å². The highest BCUT2D eigenvalue weighted by Gasteiger charge is 2.51. The molecule has 0 aromatic heterocycles. The Hall–Kier alpha value is -0.610. The maximum Gasteiger partial charge on any atom is 0.325 e. The van der Waals surface area contributed by atoms with Crippen molar-refractivity contribution in [3.05, 3.63) is 0 Å². The number of likely N-dealkylation sites (N-methyl/N-ethyl adjacent to an activating group) is 1. The van der Waals surface area contributed by atoms with E-state index >= 15 is 0 Å². The number of unbranched alkanes of at least 4 members (excludes halogenated alkanes) is 2. The molecule has 4 nitrogen and oxygen atoms in total. The van der Waals surface area contributed by atoms with Gasteiger partial charge in [0.05, 0.1) is 0 Å². The molecule has 20 heavy (non-hydrogen) atoms. The van der Waals surface area contributed by atoms with Crippen LogP contribution in [0.4, 0.5) is 0 Å². The number of nitrogens with zero attached hydrogens (tertiary/aromatic N) is 1. The number of carboxylic acids is 1. The van der Waals surface area contributed by atoms with Gasteiger partial charge in [-0.2, -0.15) is 0 Å². The number of aliphatic carboxylic acids is 1. The minimum atomic E-state index is -0.745. The molecule has 1 unspecified atom stereocenters. The Balaban J connectivity index is 2.75. The molecule has 0 heterocycles. The molecule has 1 saturated carbocycles. The van der Waals surface area contributed by atoms with Gasteiger partial charge in [-0.15, -0.1) is 0 Å². The molecule has 1 rings (SSSR count). The molecule has 0 aromatic carbocycles. The summed E-state index contributed by atoms with van der Waals surface area (Å²) in [6.07, 6.45) is 5.65. The maximum atomic E-state index is 11.9. The van der Waals surface area contributed by atoms with Crippen LogP contribution in [0.5, 0.6) is 0 Å². The van der Waals surface area contributed by atoms with Gasteiger partial charge in [0.25, 0.3) is 0 Å². The van der Waals surface area contributed by atoms with Gasteiger partial charge in [0.1, 0.15) is 5.54 Å². The number of carbonyl (C=O) groups is 1.